The lowest BCUT2D eigenvalue weighted by Crippen LogP contribution is -1.92. The summed E-state index contributed by atoms with van der Waals surface area (Å²) >= 11 is 6.13. The Morgan fingerprint density at radius 1 is 0.643 bits per heavy atom. The third-order valence-corrected chi connectivity index (χ3v) is 9.75. The van der Waals surface area contributed by atoms with Gasteiger partial charge >= 0.3 is 0 Å². The van der Waals surface area contributed by atoms with Gasteiger partial charge in [-0.3, -0.25) is 14.4 Å². The Balaban J connectivity index is 1.55. The molecule has 1 aliphatic carbocycles. The highest BCUT2D eigenvalue weighted by molar-refractivity contribution is 7.29. The van der Waals surface area contributed by atoms with Crippen molar-refractivity contribution in [3.05, 3.63) is 57.3 Å². The highest BCUT2D eigenvalue weighted by atomic mass is 32.1. The van der Waals surface area contributed by atoms with Crippen molar-refractivity contribution in [2.75, 3.05) is 0 Å². The first kappa shape index (κ1) is 17.9. The van der Waals surface area contributed by atoms with Crippen LogP contribution in [0.25, 0.3) is 29.3 Å². The highest BCUT2D eigenvalue weighted by Gasteiger charge is 2.32. The maximum Gasteiger partial charge on any atom is 0.196 e. The van der Waals surface area contributed by atoms with E-state index in [1.165, 1.54) is 22.7 Å². The van der Waals surface area contributed by atoms with Crippen LogP contribution in [0.2, 0.25) is 0 Å². The van der Waals surface area contributed by atoms with Crippen LogP contribution in [-0.2, 0) is 0 Å². The smallest absolute Gasteiger partial charge is 0.196 e. The molecule has 0 saturated carbocycles. The molecular weight excluding hydrogens is 428 g/mol. The average Bonchev–Trinajstić information content (AvgIpc) is 3.45. The van der Waals surface area contributed by atoms with E-state index in [0.717, 1.165) is 50.1 Å². The van der Waals surface area contributed by atoms with Crippen LogP contribution >= 0.6 is 45.3 Å². The van der Waals surface area contributed by atoms with Gasteiger partial charge in [0.15, 0.2) is 17.3 Å². The third-order valence-electron chi connectivity index (χ3n) is 4.55. The minimum atomic E-state index is 0.0571. The predicted molar refractivity (Wildman–Crippen MR) is 118 cm³/mol. The molecule has 4 aromatic heterocycles. The fraction of sp³-hybridized carbons (Fsp3) is 0.0952. The minimum absolute atomic E-state index is 0.0571. The fourth-order valence-corrected chi connectivity index (χ4v) is 7.60. The van der Waals surface area contributed by atoms with Crippen molar-refractivity contribution >= 4 is 62.7 Å². The van der Waals surface area contributed by atoms with E-state index in [1.54, 1.807) is 36.5 Å². The van der Waals surface area contributed by atoms with E-state index in [1.807, 2.05) is 36.4 Å². The molecule has 7 heteroatoms. The number of thiophene rings is 4. The number of fused-ring (bicyclic) bond motifs is 3. The minimum Gasteiger partial charge on any atom is -0.294 e. The molecule has 1 aliphatic rings. The Hall–Kier alpha value is -2.19. The largest absolute Gasteiger partial charge is 0.294 e. The SMILES string of the molecule is CC(=O)c1ccc(-c2cc3c(s2)-c2sc(-c4ccc(C(C)=O)s4)cc2C3=O)s1. The quantitative estimate of drug-likeness (QED) is 0.286. The predicted octanol–water partition coefficient (Wildman–Crippen LogP) is 6.88. The first-order chi connectivity index (χ1) is 13.4. The number of Topliss-reactive ketones (excluding diaryl/α,β-unsaturated/α-hetero) is 2. The lowest BCUT2D eigenvalue weighted by atomic mass is 10.1. The van der Waals surface area contributed by atoms with E-state index in [2.05, 4.69) is 0 Å². The maximum atomic E-state index is 12.9. The molecule has 0 saturated heterocycles. The second kappa shape index (κ2) is 6.42. The van der Waals surface area contributed by atoms with Crippen LogP contribution in [0.5, 0.6) is 0 Å². The Bertz CT molecular complexity index is 1200. The fourth-order valence-electron chi connectivity index (χ4n) is 3.16. The van der Waals surface area contributed by atoms with Gasteiger partial charge in [-0.05, 0) is 50.2 Å². The summed E-state index contributed by atoms with van der Waals surface area (Å²) in [5.41, 5.74) is 1.50. The monoisotopic (exact) mass is 440 g/mol. The first-order valence-corrected chi connectivity index (χ1v) is 11.7. The van der Waals surface area contributed by atoms with Crippen molar-refractivity contribution in [2.45, 2.75) is 13.8 Å². The maximum absolute atomic E-state index is 12.9. The molecule has 3 nitrogen and oxygen atoms in total. The molecule has 0 bridgehead atoms. The van der Waals surface area contributed by atoms with Crippen molar-refractivity contribution in [3.63, 3.8) is 0 Å². The van der Waals surface area contributed by atoms with Crippen molar-refractivity contribution < 1.29 is 14.4 Å². The average molecular weight is 441 g/mol. The molecule has 0 aliphatic heterocycles. The Labute approximate surface area is 176 Å². The summed E-state index contributed by atoms with van der Waals surface area (Å²) in [4.78, 5) is 43.6. The zero-order valence-corrected chi connectivity index (χ0v) is 18.1. The number of carbonyl (C=O) groups excluding carboxylic acids is 3. The van der Waals surface area contributed by atoms with Crippen LogP contribution < -0.4 is 0 Å². The van der Waals surface area contributed by atoms with Gasteiger partial charge in [0.25, 0.3) is 0 Å². The van der Waals surface area contributed by atoms with Gasteiger partial charge < -0.3 is 0 Å². The lowest BCUT2D eigenvalue weighted by molar-refractivity contribution is 0.101. The van der Waals surface area contributed by atoms with Gasteiger partial charge in [-0.1, -0.05) is 0 Å². The molecule has 4 aromatic rings. The highest BCUT2D eigenvalue weighted by Crippen LogP contribution is 2.51. The van der Waals surface area contributed by atoms with Gasteiger partial charge in [-0.2, -0.15) is 0 Å². The van der Waals surface area contributed by atoms with E-state index in [-0.39, 0.29) is 17.3 Å². The summed E-state index contributed by atoms with van der Waals surface area (Å²) in [6.45, 7) is 3.13. The molecule has 138 valence electrons. The van der Waals surface area contributed by atoms with Gasteiger partial charge in [-0.15, -0.1) is 45.3 Å². The lowest BCUT2D eigenvalue weighted by Gasteiger charge is -1.91. The molecule has 0 aromatic carbocycles. The van der Waals surface area contributed by atoms with Gasteiger partial charge in [-0.25, -0.2) is 0 Å². The number of rotatable bonds is 4. The van der Waals surface area contributed by atoms with Crippen LogP contribution in [0, 0.1) is 0 Å². The number of hydrogen-bond acceptors (Lipinski definition) is 7. The molecule has 0 spiro atoms. The van der Waals surface area contributed by atoms with E-state index in [9.17, 15) is 14.4 Å². The molecule has 0 fully saturated rings. The second-order valence-electron chi connectivity index (χ2n) is 6.48. The van der Waals surface area contributed by atoms with E-state index in [4.69, 9.17) is 0 Å². The molecule has 5 rings (SSSR count). The van der Waals surface area contributed by atoms with Crippen LogP contribution in [0.3, 0.4) is 0 Å². The number of carbonyl (C=O) groups is 3. The van der Waals surface area contributed by atoms with Crippen LogP contribution in [0.15, 0.2) is 36.4 Å². The summed E-state index contributed by atoms with van der Waals surface area (Å²) in [6, 6.07) is 11.5. The van der Waals surface area contributed by atoms with Crippen molar-refractivity contribution in [2.24, 2.45) is 0 Å². The number of hydrogen-bond donors (Lipinski definition) is 0. The zero-order valence-electron chi connectivity index (χ0n) is 14.8. The van der Waals surface area contributed by atoms with Gasteiger partial charge in [0.2, 0.25) is 0 Å². The van der Waals surface area contributed by atoms with Crippen LogP contribution in [0.1, 0.15) is 49.1 Å². The first-order valence-electron chi connectivity index (χ1n) is 8.47. The molecule has 28 heavy (non-hydrogen) atoms. The molecule has 0 unspecified atom stereocenters. The Kier molecular flexibility index (Phi) is 4.10. The van der Waals surface area contributed by atoms with Gasteiger partial charge in [0, 0.05) is 30.6 Å². The summed E-state index contributed by atoms with van der Waals surface area (Å²) in [5, 5.41) is 0. The normalized spacial score (nSPS) is 12.3. The van der Waals surface area contributed by atoms with Crippen molar-refractivity contribution in [1.29, 1.82) is 0 Å². The summed E-state index contributed by atoms with van der Waals surface area (Å²) in [5.74, 6) is 0.173. The van der Waals surface area contributed by atoms with E-state index in [0.29, 0.717) is 0 Å². The van der Waals surface area contributed by atoms with Gasteiger partial charge in [0.05, 0.1) is 19.5 Å². The van der Waals surface area contributed by atoms with Crippen molar-refractivity contribution in [3.8, 4) is 29.3 Å². The Morgan fingerprint density at radius 3 is 1.43 bits per heavy atom. The second-order valence-corrected chi connectivity index (χ2v) is 10.7. The third kappa shape index (κ3) is 2.69. The van der Waals surface area contributed by atoms with E-state index >= 15 is 0 Å². The molecule has 0 atom stereocenters. The van der Waals surface area contributed by atoms with Crippen LogP contribution in [-0.4, -0.2) is 17.3 Å². The molecular formula is C21H12O3S4. The zero-order chi connectivity index (χ0) is 19.6. The summed E-state index contributed by atoms with van der Waals surface area (Å²) in [7, 11) is 0. The molecule has 0 radical (unpaired) electrons. The summed E-state index contributed by atoms with van der Waals surface area (Å²) in [6.07, 6.45) is 0. The molecule has 4 heterocycles. The molecule has 0 amide bonds. The summed E-state index contributed by atoms with van der Waals surface area (Å²) < 4.78 is 0. The topological polar surface area (TPSA) is 51.2 Å². The Morgan fingerprint density at radius 2 is 1.07 bits per heavy atom. The van der Waals surface area contributed by atoms with Crippen LogP contribution in [0.4, 0.5) is 0 Å². The molecule has 0 N–H and O–H groups in total. The number of ketones is 3. The van der Waals surface area contributed by atoms with E-state index < -0.39 is 0 Å². The van der Waals surface area contributed by atoms with Crippen molar-refractivity contribution in [1.82, 2.24) is 0 Å². The standard InChI is InChI=1S/C21H12O3S4/c1-9(22)13-3-5-15(25-13)17-7-11-19(24)12-8-18(28-21(12)20(11)27-17)16-6-4-14(26-16)10(2)23/h3-8H,1-2H3. The van der Waals surface area contributed by atoms with Gasteiger partial charge in [0.1, 0.15) is 0 Å².